The largest absolute Gasteiger partial charge is 0.493 e. The average Bonchev–Trinajstić information content (AvgIpc) is 3.30. The molecule has 1 N–H and O–H groups in total. The summed E-state index contributed by atoms with van der Waals surface area (Å²) < 4.78 is 47.0. The predicted molar refractivity (Wildman–Crippen MR) is 158 cm³/mol. The minimum absolute atomic E-state index is 0.0560. The third kappa shape index (κ3) is 8.42. The van der Waals surface area contributed by atoms with Gasteiger partial charge in [0.25, 0.3) is 0 Å². The second-order valence-corrected chi connectivity index (χ2v) is 11.4. The van der Waals surface area contributed by atoms with Crippen LogP contribution in [0.1, 0.15) is 35.1 Å². The Hall–Kier alpha value is -4.15. The number of aryl methyl sites for hydroxylation is 3. The van der Waals surface area contributed by atoms with Gasteiger partial charge in [-0.15, -0.1) is 0 Å². The molecule has 0 unspecified atom stereocenters. The van der Waals surface area contributed by atoms with Crippen LogP contribution in [0.4, 0.5) is 5.69 Å². The lowest BCUT2D eigenvalue weighted by molar-refractivity contribution is -0.143. The molecule has 0 saturated carbocycles. The fourth-order valence-electron chi connectivity index (χ4n) is 4.09. The third-order valence-corrected chi connectivity index (χ3v) is 7.74. The number of rotatable bonds is 13. The molecule has 0 atom stereocenters. The van der Waals surface area contributed by atoms with Crippen LogP contribution < -0.4 is 9.46 Å². The predicted octanol–water partition coefficient (Wildman–Crippen LogP) is 5.61. The van der Waals surface area contributed by atoms with Crippen molar-refractivity contribution in [2.75, 3.05) is 24.5 Å². The Morgan fingerprint density at radius 2 is 1.66 bits per heavy atom. The maximum Gasteiger partial charge on any atom is 0.321 e. The van der Waals surface area contributed by atoms with Crippen LogP contribution in [0.25, 0.3) is 11.5 Å². The molecule has 1 aromatic heterocycles. The van der Waals surface area contributed by atoms with Gasteiger partial charge in [0.15, 0.2) is 0 Å². The zero-order chi connectivity index (χ0) is 29.4. The van der Waals surface area contributed by atoms with Crippen molar-refractivity contribution in [3.63, 3.8) is 0 Å². The van der Waals surface area contributed by atoms with Crippen molar-refractivity contribution >= 4 is 21.9 Å². The SMILES string of the molecule is CCOC(=O)CN(Cc1cccc(OCCc2nc(-c3ccc(C)cc3)oc2C)c1)S(=O)(=O)Nc1ccc(C)cc1. The summed E-state index contributed by atoms with van der Waals surface area (Å²) in [6.45, 7) is 7.50. The summed E-state index contributed by atoms with van der Waals surface area (Å²) in [5.74, 6) is 1.24. The van der Waals surface area contributed by atoms with Crippen LogP contribution in [0.5, 0.6) is 5.75 Å². The van der Waals surface area contributed by atoms with E-state index in [0.29, 0.717) is 35.9 Å². The summed E-state index contributed by atoms with van der Waals surface area (Å²) >= 11 is 0. The number of ether oxygens (including phenoxy) is 2. The molecule has 10 heteroatoms. The Morgan fingerprint density at radius 3 is 2.34 bits per heavy atom. The third-order valence-electron chi connectivity index (χ3n) is 6.31. The van der Waals surface area contributed by atoms with E-state index in [1.807, 2.05) is 45.0 Å². The van der Waals surface area contributed by atoms with E-state index in [1.54, 1.807) is 55.5 Å². The molecule has 216 valence electrons. The van der Waals surface area contributed by atoms with Crippen LogP contribution in [0.2, 0.25) is 0 Å². The van der Waals surface area contributed by atoms with Crippen molar-refractivity contribution in [1.82, 2.24) is 9.29 Å². The number of nitrogens with one attached hydrogen (secondary N) is 1. The highest BCUT2D eigenvalue weighted by atomic mass is 32.2. The van der Waals surface area contributed by atoms with Crippen LogP contribution in [0.3, 0.4) is 0 Å². The van der Waals surface area contributed by atoms with Gasteiger partial charge in [-0.1, -0.05) is 47.5 Å². The molecule has 4 aromatic rings. The van der Waals surface area contributed by atoms with Crippen molar-refractivity contribution in [3.05, 3.63) is 101 Å². The molecule has 0 radical (unpaired) electrons. The Morgan fingerprint density at radius 1 is 0.976 bits per heavy atom. The van der Waals surface area contributed by atoms with E-state index in [-0.39, 0.29) is 13.2 Å². The van der Waals surface area contributed by atoms with E-state index in [2.05, 4.69) is 9.71 Å². The Kier molecular flexibility index (Phi) is 9.80. The average molecular weight is 578 g/mol. The lowest BCUT2D eigenvalue weighted by atomic mass is 10.1. The lowest BCUT2D eigenvalue weighted by Crippen LogP contribution is -2.39. The number of esters is 1. The molecule has 0 spiro atoms. The zero-order valence-electron chi connectivity index (χ0n) is 23.7. The summed E-state index contributed by atoms with van der Waals surface area (Å²) in [6.07, 6.45) is 0.537. The van der Waals surface area contributed by atoms with Gasteiger partial charge in [0, 0.05) is 24.2 Å². The number of carbonyl (C=O) groups excluding carboxylic acids is 1. The minimum Gasteiger partial charge on any atom is -0.493 e. The minimum atomic E-state index is -4.07. The second kappa shape index (κ2) is 13.5. The van der Waals surface area contributed by atoms with E-state index in [1.165, 1.54) is 0 Å². The summed E-state index contributed by atoms with van der Waals surface area (Å²) in [7, 11) is -4.07. The highest BCUT2D eigenvalue weighted by molar-refractivity contribution is 7.90. The molecule has 3 aromatic carbocycles. The normalized spacial score (nSPS) is 11.4. The lowest BCUT2D eigenvalue weighted by Gasteiger charge is -2.22. The molecule has 0 amide bonds. The van der Waals surface area contributed by atoms with Crippen molar-refractivity contribution in [2.24, 2.45) is 0 Å². The van der Waals surface area contributed by atoms with Gasteiger partial charge in [0.1, 0.15) is 18.1 Å². The number of hydrogen-bond acceptors (Lipinski definition) is 7. The first-order valence-corrected chi connectivity index (χ1v) is 14.8. The first-order chi connectivity index (χ1) is 19.6. The number of anilines is 1. The molecule has 0 aliphatic carbocycles. The molecular weight excluding hydrogens is 542 g/mol. The zero-order valence-corrected chi connectivity index (χ0v) is 24.5. The van der Waals surface area contributed by atoms with Gasteiger partial charge in [0.05, 0.1) is 18.9 Å². The molecule has 9 nitrogen and oxygen atoms in total. The fourth-order valence-corrected chi connectivity index (χ4v) is 5.25. The van der Waals surface area contributed by atoms with Gasteiger partial charge in [-0.05, 0) is 69.7 Å². The smallest absolute Gasteiger partial charge is 0.321 e. The summed E-state index contributed by atoms with van der Waals surface area (Å²) in [6, 6.07) is 22.1. The Bertz CT molecular complexity index is 1560. The van der Waals surface area contributed by atoms with Crippen LogP contribution in [-0.2, 0) is 32.7 Å². The topological polar surface area (TPSA) is 111 Å². The molecule has 41 heavy (non-hydrogen) atoms. The first-order valence-electron chi connectivity index (χ1n) is 13.4. The molecular formula is C31H35N3O6S. The number of benzene rings is 3. The number of hydrogen-bond donors (Lipinski definition) is 1. The second-order valence-electron chi connectivity index (χ2n) is 9.68. The quantitative estimate of drug-likeness (QED) is 0.206. The van der Waals surface area contributed by atoms with Gasteiger partial charge in [0.2, 0.25) is 5.89 Å². The van der Waals surface area contributed by atoms with Gasteiger partial charge in [-0.2, -0.15) is 12.7 Å². The Balaban J connectivity index is 1.42. The fraction of sp³-hybridized carbons (Fsp3) is 0.290. The highest BCUT2D eigenvalue weighted by Gasteiger charge is 2.26. The van der Waals surface area contributed by atoms with E-state index >= 15 is 0 Å². The van der Waals surface area contributed by atoms with Crippen LogP contribution in [-0.4, -0.2) is 43.4 Å². The van der Waals surface area contributed by atoms with E-state index in [4.69, 9.17) is 13.9 Å². The van der Waals surface area contributed by atoms with Gasteiger partial charge < -0.3 is 13.9 Å². The maximum absolute atomic E-state index is 13.3. The molecule has 0 aliphatic rings. The van der Waals surface area contributed by atoms with E-state index < -0.39 is 22.7 Å². The van der Waals surface area contributed by atoms with Crippen LogP contribution >= 0.6 is 0 Å². The van der Waals surface area contributed by atoms with Crippen LogP contribution in [0, 0.1) is 20.8 Å². The van der Waals surface area contributed by atoms with E-state index in [9.17, 15) is 13.2 Å². The Labute approximate surface area is 241 Å². The number of oxazole rings is 1. The van der Waals surface area contributed by atoms with Gasteiger partial charge in [-0.25, -0.2) is 4.98 Å². The highest BCUT2D eigenvalue weighted by Crippen LogP contribution is 2.23. The van der Waals surface area contributed by atoms with E-state index in [0.717, 1.165) is 32.4 Å². The summed E-state index contributed by atoms with van der Waals surface area (Å²) in [5.41, 5.74) is 4.94. The summed E-state index contributed by atoms with van der Waals surface area (Å²) in [5, 5.41) is 0. The standard InChI is InChI=1S/C31H35N3O6S/c1-5-38-30(35)21-34(41(36,37)33-27-15-11-23(3)12-16-27)20-25-7-6-8-28(19-25)39-18-17-29-24(4)40-31(32-29)26-13-9-22(2)10-14-26/h6-16,19,33H,5,17-18,20-21H2,1-4H3. The number of nitrogens with zero attached hydrogens (tertiary/aromatic N) is 2. The van der Waals surface area contributed by atoms with Crippen molar-refractivity contribution in [3.8, 4) is 17.2 Å². The molecule has 0 aliphatic heterocycles. The monoisotopic (exact) mass is 577 g/mol. The summed E-state index contributed by atoms with van der Waals surface area (Å²) in [4.78, 5) is 16.9. The first kappa shape index (κ1) is 29.8. The van der Waals surface area contributed by atoms with Crippen molar-refractivity contribution in [2.45, 2.75) is 40.7 Å². The molecule has 4 rings (SSSR count). The maximum atomic E-state index is 13.3. The molecule has 0 bridgehead atoms. The number of carbonyl (C=O) groups is 1. The van der Waals surface area contributed by atoms with Crippen molar-refractivity contribution < 1.29 is 27.1 Å². The van der Waals surface area contributed by atoms with Crippen LogP contribution in [0.15, 0.2) is 77.2 Å². The van der Waals surface area contributed by atoms with Crippen molar-refractivity contribution in [1.29, 1.82) is 0 Å². The van der Waals surface area contributed by atoms with Gasteiger partial charge >= 0.3 is 16.2 Å². The number of aromatic nitrogens is 1. The molecule has 0 fully saturated rings. The molecule has 0 saturated heterocycles. The molecule has 1 heterocycles. The van der Waals surface area contributed by atoms with Gasteiger partial charge in [-0.3, -0.25) is 9.52 Å².